The predicted molar refractivity (Wildman–Crippen MR) is 113 cm³/mol. The number of carbonyl (C=O) groups is 1. The van der Waals surface area contributed by atoms with E-state index in [1.165, 1.54) is 12.1 Å². The van der Waals surface area contributed by atoms with Crippen LogP contribution in [-0.2, 0) is 0 Å². The van der Waals surface area contributed by atoms with Gasteiger partial charge in [0.1, 0.15) is 0 Å². The molecule has 0 radical (unpaired) electrons. The lowest BCUT2D eigenvalue weighted by molar-refractivity contribution is -0.384. The summed E-state index contributed by atoms with van der Waals surface area (Å²) in [7, 11) is 0. The molecule has 0 aliphatic heterocycles. The van der Waals surface area contributed by atoms with Crippen LogP contribution in [0.5, 0.6) is 0 Å². The summed E-state index contributed by atoms with van der Waals surface area (Å²) in [6.07, 6.45) is 0.731. The average molecular weight is 583 g/mol. The van der Waals surface area contributed by atoms with E-state index >= 15 is 0 Å². The molecule has 2 N–H and O–H groups in total. The van der Waals surface area contributed by atoms with Gasteiger partial charge in [-0.25, -0.2) is 0 Å². The van der Waals surface area contributed by atoms with E-state index in [0.717, 1.165) is 24.6 Å². The van der Waals surface area contributed by atoms with Crippen LogP contribution in [0.4, 0.5) is 11.4 Å². The van der Waals surface area contributed by atoms with Crippen molar-refractivity contribution in [2.24, 2.45) is 0 Å². The van der Waals surface area contributed by atoms with Gasteiger partial charge in [-0.3, -0.25) is 14.9 Å². The molecule has 2 rings (SSSR count). The molecular weight excluding hydrogens is 569 g/mol. The fourth-order valence-corrected chi connectivity index (χ4v) is 3.82. The number of nitrogens with one attached hydrogen (secondary N) is 2. The van der Waals surface area contributed by atoms with Crippen molar-refractivity contribution < 1.29 is 9.72 Å². The van der Waals surface area contributed by atoms with Crippen molar-refractivity contribution in [1.29, 1.82) is 0 Å². The highest BCUT2D eigenvalue weighted by Crippen LogP contribution is 2.27. The van der Waals surface area contributed by atoms with E-state index in [0.29, 0.717) is 18.7 Å². The van der Waals surface area contributed by atoms with Crippen LogP contribution in [-0.4, -0.2) is 23.9 Å². The van der Waals surface area contributed by atoms with E-state index in [-0.39, 0.29) is 11.6 Å². The minimum absolute atomic E-state index is 0.0626. The van der Waals surface area contributed by atoms with E-state index in [1.54, 1.807) is 18.2 Å². The molecule has 0 saturated heterocycles. The standard InChI is InChI=1S/C16H14Br2IN3O3/c17-10-8-13(15(19)14(18)9-10)16(23)21-7-1-6-20-11-2-4-12(5-3-11)22(24)25/h2-5,8-9,20H,1,6-7H2,(H,21,23). The fraction of sp³-hybridized carbons (Fsp3) is 0.188. The number of anilines is 1. The van der Waals surface area contributed by atoms with Crippen LogP contribution in [0.15, 0.2) is 45.3 Å². The first-order chi connectivity index (χ1) is 11.9. The smallest absolute Gasteiger partial charge is 0.269 e. The van der Waals surface area contributed by atoms with E-state index in [2.05, 4.69) is 65.1 Å². The van der Waals surface area contributed by atoms with Gasteiger partial charge in [0.15, 0.2) is 0 Å². The minimum atomic E-state index is -0.430. The van der Waals surface area contributed by atoms with Gasteiger partial charge in [-0.05, 0) is 69.2 Å². The van der Waals surface area contributed by atoms with Gasteiger partial charge in [-0.2, -0.15) is 0 Å². The Kier molecular flexibility index (Phi) is 7.63. The maximum atomic E-state index is 12.3. The topological polar surface area (TPSA) is 84.3 Å². The summed E-state index contributed by atoms with van der Waals surface area (Å²) in [5.74, 6) is -0.123. The normalized spacial score (nSPS) is 10.4. The summed E-state index contributed by atoms with van der Waals surface area (Å²) in [5, 5.41) is 16.7. The van der Waals surface area contributed by atoms with Crippen LogP contribution in [0.2, 0.25) is 0 Å². The second-order valence-electron chi connectivity index (χ2n) is 5.09. The van der Waals surface area contributed by atoms with E-state index in [4.69, 9.17) is 0 Å². The number of halogens is 3. The molecule has 0 spiro atoms. The number of carbonyl (C=O) groups excluding carboxylic acids is 1. The Bertz CT molecular complexity index is 785. The molecule has 0 heterocycles. The SMILES string of the molecule is O=C(NCCCNc1ccc([N+](=O)[O-])cc1)c1cc(Br)cc(Br)c1I. The van der Waals surface area contributed by atoms with E-state index in [1.807, 2.05) is 6.07 Å². The van der Waals surface area contributed by atoms with Crippen LogP contribution in [0.3, 0.4) is 0 Å². The molecule has 0 fully saturated rings. The lowest BCUT2D eigenvalue weighted by atomic mass is 10.2. The summed E-state index contributed by atoms with van der Waals surface area (Å²) >= 11 is 8.94. The Hall–Kier alpha value is -1.20. The number of hydrogen-bond donors (Lipinski definition) is 2. The van der Waals surface area contributed by atoms with Crippen molar-refractivity contribution in [3.63, 3.8) is 0 Å². The van der Waals surface area contributed by atoms with Crippen molar-refractivity contribution >= 4 is 71.7 Å². The van der Waals surface area contributed by atoms with Crippen molar-refractivity contribution in [2.45, 2.75) is 6.42 Å². The lowest BCUT2D eigenvalue weighted by Crippen LogP contribution is -2.26. The summed E-state index contributed by atoms with van der Waals surface area (Å²) in [5.41, 5.74) is 1.49. The average Bonchev–Trinajstić information content (AvgIpc) is 2.58. The molecule has 0 unspecified atom stereocenters. The maximum Gasteiger partial charge on any atom is 0.269 e. The van der Waals surface area contributed by atoms with Crippen LogP contribution in [0.25, 0.3) is 0 Å². The summed E-state index contributed by atoms with van der Waals surface area (Å²) in [4.78, 5) is 22.4. The van der Waals surface area contributed by atoms with Gasteiger partial charge in [0.25, 0.3) is 11.6 Å². The Morgan fingerprint density at radius 3 is 2.48 bits per heavy atom. The largest absolute Gasteiger partial charge is 0.385 e. The van der Waals surface area contributed by atoms with E-state index in [9.17, 15) is 14.9 Å². The van der Waals surface area contributed by atoms with Crippen LogP contribution in [0, 0.1) is 13.7 Å². The van der Waals surface area contributed by atoms with E-state index < -0.39 is 4.92 Å². The van der Waals surface area contributed by atoms with Crippen molar-refractivity contribution in [3.8, 4) is 0 Å². The molecule has 0 bridgehead atoms. The molecule has 25 heavy (non-hydrogen) atoms. The van der Waals surface area contributed by atoms with Gasteiger partial charge in [-0.15, -0.1) is 0 Å². The van der Waals surface area contributed by atoms with Gasteiger partial charge in [0, 0.05) is 43.4 Å². The predicted octanol–water partition coefficient (Wildman–Crippen LogP) is 4.96. The molecular formula is C16H14Br2IN3O3. The first-order valence-corrected chi connectivity index (χ1v) is 9.96. The molecule has 132 valence electrons. The first kappa shape index (κ1) is 20.1. The van der Waals surface area contributed by atoms with Gasteiger partial charge in [-0.1, -0.05) is 15.9 Å². The number of nitrogens with zero attached hydrogens (tertiary/aromatic N) is 1. The second-order valence-corrected chi connectivity index (χ2v) is 7.94. The highest BCUT2D eigenvalue weighted by atomic mass is 127. The molecule has 1 amide bonds. The van der Waals surface area contributed by atoms with Gasteiger partial charge >= 0.3 is 0 Å². The number of rotatable bonds is 7. The molecule has 0 aliphatic carbocycles. The molecule has 0 aromatic heterocycles. The number of hydrogen-bond acceptors (Lipinski definition) is 4. The molecule has 2 aromatic carbocycles. The zero-order valence-corrected chi connectivity index (χ0v) is 18.2. The summed E-state index contributed by atoms with van der Waals surface area (Å²) in [6.45, 7) is 1.18. The Morgan fingerprint density at radius 1 is 1.16 bits per heavy atom. The van der Waals surface area contributed by atoms with Crippen molar-refractivity contribution in [2.75, 3.05) is 18.4 Å². The maximum absolute atomic E-state index is 12.3. The lowest BCUT2D eigenvalue weighted by Gasteiger charge is -2.10. The number of nitro benzene ring substituents is 1. The summed E-state index contributed by atoms with van der Waals surface area (Å²) < 4.78 is 2.57. The molecule has 0 aliphatic rings. The Labute approximate surface area is 175 Å². The fourth-order valence-electron chi connectivity index (χ4n) is 2.04. The Morgan fingerprint density at radius 2 is 1.84 bits per heavy atom. The first-order valence-electron chi connectivity index (χ1n) is 7.29. The van der Waals surface area contributed by atoms with Crippen molar-refractivity contribution in [3.05, 3.63) is 64.6 Å². The van der Waals surface area contributed by atoms with Crippen LogP contribution < -0.4 is 10.6 Å². The molecule has 6 nitrogen and oxygen atoms in total. The van der Waals surface area contributed by atoms with Crippen LogP contribution >= 0.6 is 54.5 Å². The van der Waals surface area contributed by atoms with Gasteiger partial charge in [0.05, 0.1) is 10.5 Å². The third-order valence-corrected chi connectivity index (χ3v) is 6.27. The summed E-state index contributed by atoms with van der Waals surface area (Å²) in [6, 6.07) is 9.92. The second kappa shape index (κ2) is 9.48. The minimum Gasteiger partial charge on any atom is -0.385 e. The molecule has 0 saturated carbocycles. The number of benzene rings is 2. The Balaban J connectivity index is 1.77. The zero-order valence-electron chi connectivity index (χ0n) is 12.9. The number of amides is 1. The number of nitro groups is 1. The van der Waals surface area contributed by atoms with Gasteiger partial charge < -0.3 is 10.6 Å². The highest BCUT2D eigenvalue weighted by molar-refractivity contribution is 14.1. The molecule has 2 aromatic rings. The third-order valence-electron chi connectivity index (χ3n) is 3.28. The molecule has 0 atom stereocenters. The van der Waals surface area contributed by atoms with Gasteiger partial charge in [0.2, 0.25) is 0 Å². The monoisotopic (exact) mass is 581 g/mol. The highest BCUT2D eigenvalue weighted by Gasteiger charge is 2.13. The number of non-ortho nitro benzene ring substituents is 1. The van der Waals surface area contributed by atoms with Crippen LogP contribution in [0.1, 0.15) is 16.8 Å². The zero-order chi connectivity index (χ0) is 18.4. The quantitative estimate of drug-likeness (QED) is 0.159. The van der Waals surface area contributed by atoms with Crippen molar-refractivity contribution in [1.82, 2.24) is 5.32 Å². The molecule has 9 heteroatoms. The third kappa shape index (κ3) is 5.93.